The zero-order valence-corrected chi connectivity index (χ0v) is 16.4. The third kappa shape index (κ3) is 4.70. The minimum absolute atomic E-state index is 0.0661. The van der Waals surface area contributed by atoms with Crippen LogP contribution in [0.25, 0.3) is 10.9 Å². The summed E-state index contributed by atoms with van der Waals surface area (Å²) in [5, 5.41) is 4.19. The van der Waals surface area contributed by atoms with Crippen molar-refractivity contribution in [1.82, 2.24) is 10.3 Å². The first-order chi connectivity index (χ1) is 13.8. The molecule has 0 aliphatic heterocycles. The zero-order valence-electron chi connectivity index (χ0n) is 15.6. The molecule has 2 aromatic heterocycles. The predicted octanol–water partition coefficient (Wildman–Crippen LogP) is 5.22. The summed E-state index contributed by atoms with van der Waals surface area (Å²) in [5.41, 5.74) is 1.82. The van der Waals surface area contributed by atoms with E-state index in [9.17, 15) is 18.0 Å². The van der Waals surface area contributed by atoms with E-state index in [4.69, 9.17) is 4.74 Å². The molecule has 1 saturated carbocycles. The molecule has 1 aliphatic rings. The van der Waals surface area contributed by atoms with Gasteiger partial charge in [-0.05, 0) is 37.6 Å². The van der Waals surface area contributed by atoms with Crippen molar-refractivity contribution in [3.05, 3.63) is 59.1 Å². The number of pyridine rings is 1. The SMILES string of the molecule is CC(NC(=O)[C@H]1C[C@@H]1c1ccc2ccccc2n1)c1ccc(OCC(F)(F)F)s1. The minimum Gasteiger partial charge on any atom is -0.475 e. The maximum atomic E-state index is 12.6. The fourth-order valence-electron chi connectivity index (χ4n) is 3.29. The average molecular weight is 420 g/mol. The Morgan fingerprint density at radius 1 is 1.24 bits per heavy atom. The van der Waals surface area contributed by atoms with Gasteiger partial charge in [-0.3, -0.25) is 9.78 Å². The molecule has 1 N–H and O–H groups in total. The Morgan fingerprint density at radius 3 is 2.83 bits per heavy atom. The fourth-order valence-corrected chi connectivity index (χ4v) is 4.15. The number of alkyl halides is 3. The number of carbonyl (C=O) groups excluding carboxylic acids is 1. The fraction of sp³-hybridized carbons (Fsp3) is 0.333. The zero-order chi connectivity index (χ0) is 20.6. The number of carbonyl (C=O) groups is 1. The van der Waals surface area contributed by atoms with Crippen molar-refractivity contribution in [2.75, 3.05) is 6.61 Å². The van der Waals surface area contributed by atoms with Crippen LogP contribution in [0.4, 0.5) is 13.2 Å². The van der Waals surface area contributed by atoms with E-state index >= 15 is 0 Å². The van der Waals surface area contributed by atoms with Gasteiger partial charge in [0, 0.05) is 27.8 Å². The molecule has 1 amide bonds. The number of halogens is 3. The van der Waals surface area contributed by atoms with E-state index < -0.39 is 12.8 Å². The van der Waals surface area contributed by atoms with Crippen LogP contribution < -0.4 is 10.1 Å². The molecule has 8 heteroatoms. The molecule has 3 aromatic rings. The van der Waals surface area contributed by atoms with Crippen LogP contribution in [0.1, 0.15) is 35.9 Å². The highest BCUT2D eigenvalue weighted by molar-refractivity contribution is 7.13. The van der Waals surface area contributed by atoms with E-state index in [1.807, 2.05) is 43.3 Å². The molecule has 1 aliphatic carbocycles. The summed E-state index contributed by atoms with van der Waals surface area (Å²) in [6.45, 7) is 0.485. The number of amides is 1. The lowest BCUT2D eigenvalue weighted by molar-refractivity contribution is -0.152. The van der Waals surface area contributed by atoms with Crippen LogP contribution in [0.2, 0.25) is 0 Å². The highest BCUT2D eigenvalue weighted by Gasteiger charge is 2.45. The van der Waals surface area contributed by atoms with Crippen LogP contribution >= 0.6 is 11.3 Å². The number of rotatable bonds is 6. The summed E-state index contributed by atoms with van der Waals surface area (Å²) in [7, 11) is 0. The number of ether oxygens (including phenoxy) is 1. The van der Waals surface area contributed by atoms with Gasteiger partial charge >= 0.3 is 6.18 Å². The average Bonchev–Trinajstić information content (AvgIpc) is 3.35. The molecule has 3 atom stereocenters. The van der Waals surface area contributed by atoms with Crippen molar-refractivity contribution in [2.45, 2.75) is 31.5 Å². The van der Waals surface area contributed by atoms with Gasteiger partial charge in [-0.25, -0.2) is 0 Å². The molecule has 1 aromatic carbocycles. The first-order valence-corrected chi connectivity index (χ1v) is 10.1. The van der Waals surface area contributed by atoms with Gasteiger partial charge in [0.2, 0.25) is 5.91 Å². The van der Waals surface area contributed by atoms with Crippen LogP contribution in [0, 0.1) is 5.92 Å². The van der Waals surface area contributed by atoms with Crippen molar-refractivity contribution in [1.29, 1.82) is 0 Å². The lowest BCUT2D eigenvalue weighted by Crippen LogP contribution is -2.28. The van der Waals surface area contributed by atoms with Crippen LogP contribution in [0.5, 0.6) is 5.06 Å². The van der Waals surface area contributed by atoms with E-state index in [0.717, 1.165) is 39.2 Å². The summed E-state index contributed by atoms with van der Waals surface area (Å²) in [4.78, 5) is 18.0. The number of thiophene rings is 1. The molecule has 0 spiro atoms. The standard InChI is InChI=1S/C21H19F3N2O2S/c1-12(18-8-9-19(29-18)28-11-21(22,23)24)25-20(27)15-10-14(15)17-7-6-13-4-2-3-5-16(13)26-17/h2-9,12,14-15H,10-11H2,1H3,(H,25,27)/t12?,14-,15-/m0/s1. The molecular weight excluding hydrogens is 401 g/mol. The smallest absolute Gasteiger partial charge is 0.422 e. The van der Waals surface area contributed by atoms with Gasteiger partial charge in [-0.1, -0.05) is 24.3 Å². The number of nitrogens with one attached hydrogen (secondary N) is 1. The number of fused-ring (bicyclic) bond motifs is 1. The maximum Gasteiger partial charge on any atom is 0.422 e. The highest BCUT2D eigenvalue weighted by Crippen LogP contribution is 2.47. The number of hydrogen-bond acceptors (Lipinski definition) is 4. The minimum atomic E-state index is -4.37. The quantitative estimate of drug-likeness (QED) is 0.595. The Morgan fingerprint density at radius 2 is 2.03 bits per heavy atom. The first kappa shape index (κ1) is 19.7. The van der Waals surface area contributed by atoms with Gasteiger partial charge in [0.05, 0.1) is 11.6 Å². The summed E-state index contributed by atoms with van der Waals surface area (Å²) >= 11 is 1.11. The van der Waals surface area contributed by atoms with E-state index in [-0.39, 0.29) is 28.8 Å². The van der Waals surface area contributed by atoms with Crippen molar-refractivity contribution in [3.63, 3.8) is 0 Å². The number of nitrogens with zero attached hydrogens (tertiary/aromatic N) is 1. The molecule has 4 rings (SSSR count). The third-order valence-electron chi connectivity index (χ3n) is 4.89. The van der Waals surface area contributed by atoms with Gasteiger partial charge in [0.1, 0.15) is 0 Å². The van der Waals surface area contributed by atoms with E-state index in [2.05, 4.69) is 10.3 Å². The Balaban J connectivity index is 1.34. The number of benzene rings is 1. The van der Waals surface area contributed by atoms with Gasteiger partial charge < -0.3 is 10.1 Å². The van der Waals surface area contributed by atoms with E-state index in [1.54, 1.807) is 6.07 Å². The Bertz CT molecular complexity index is 1030. The van der Waals surface area contributed by atoms with Crippen molar-refractivity contribution in [3.8, 4) is 5.06 Å². The topological polar surface area (TPSA) is 51.2 Å². The van der Waals surface area contributed by atoms with Crippen molar-refractivity contribution < 1.29 is 22.7 Å². The number of para-hydroxylation sites is 1. The van der Waals surface area contributed by atoms with Crippen LogP contribution in [0.3, 0.4) is 0 Å². The number of hydrogen-bond donors (Lipinski definition) is 1. The summed E-state index contributed by atoms with van der Waals surface area (Å²) in [5.74, 6) is -0.100. The Hall–Kier alpha value is -2.61. The molecular formula is C21H19F3N2O2S. The van der Waals surface area contributed by atoms with Crippen LogP contribution in [-0.2, 0) is 4.79 Å². The summed E-state index contributed by atoms with van der Waals surface area (Å²) < 4.78 is 41.5. The molecule has 0 bridgehead atoms. The molecule has 1 fully saturated rings. The van der Waals surface area contributed by atoms with Crippen LogP contribution in [-0.4, -0.2) is 23.7 Å². The molecule has 4 nitrogen and oxygen atoms in total. The van der Waals surface area contributed by atoms with Crippen molar-refractivity contribution in [2.24, 2.45) is 5.92 Å². The third-order valence-corrected chi connectivity index (χ3v) is 6.07. The molecule has 0 radical (unpaired) electrons. The first-order valence-electron chi connectivity index (χ1n) is 9.25. The Labute approximate surface area is 169 Å². The lowest BCUT2D eigenvalue weighted by atomic mass is 10.1. The highest BCUT2D eigenvalue weighted by atomic mass is 32.1. The Kier molecular flexibility index (Phi) is 5.21. The largest absolute Gasteiger partial charge is 0.475 e. The van der Waals surface area contributed by atoms with Gasteiger partial charge in [0.25, 0.3) is 0 Å². The molecule has 2 heterocycles. The van der Waals surface area contributed by atoms with Gasteiger partial charge in [-0.2, -0.15) is 13.2 Å². The van der Waals surface area contributed by atoms with Gasteiger partial charge in [0.15, 0.2) is 11.7 Å². The second-order valence-corrected chi connectivity index (χ2v) is 8.25. The van der Waals surface area contributed by atoms with Crippen LogP contribution in [0.15, 0.2) is 48.5 Å². The van der Waals surface area contributed by atoms with E-state index in [0.29, 0.717) is 0 Å². The summed E-state index contributed by atoms with van der Waals surface area (Å²) in [6, 6.07) is 14.7. The number of aromatic nitrogens is 1. The molecule has 152 valence electrons. The second-order valence-electron chi connectivity index (χ2n) is 7.17. The predicted molar refractivity (Wildman–Crippen MR) is 105 cm³/mol. The van der Waals surface area contributed by atoms with Gasteiger partial charge in [-0.15, -0.1) is 11.3 Å². The molecule has 1 unspecified atom stereocenters. The molecule has 0 saturated heterocycles. The van der Waals surface area contributed by atoms with E-state index in [1.165, 1.54) is 6.07 Å². The molecule has 29 heavy (non-hydrogen) atoms. The lowest BCUT2D eigenvalue weighted by Gasteiger charge is -2.12. The second kappa shape index (κ2) is 7.67. The summed E-state index contributed by atoms with van der Waals surface area (Å²) in [6.07, 6.45) is -3.63. The monoisotopic (exact) mass is 420 g/mol. The maximum absolute atomic E-state index is 12.6. The normalized spacial score (nSPS) is 19.7. The van der Waals surface area contributed by atoms with Crippen molar-refractivity contribution >= 4 is 28.1 Å².